The lowest BCUT2D eigenvalue weighted by atomic mass is 10.0. The van der Waals surface area contributed by atoms with Gasteiger partial charge in [-0.25, -0.2) is 9.50 Å². The van der Waals surface area contributed by atoms with E-state index in [1.54, 1.807) is 0 Å². The number of fused-ring (bicyclic) bond motifs is 2. The smallest absolute Gasteiger partial charge is 0.237 e. The fourth-order valence-corrected chi connectivity index (χ4v) is 4.92. The zero-order chi connectivity index (χ0) is 20.5. The van der Waals surface area contributed by atoms with Crippen LogP contribution in [0.15, 0.2) is 71.9 Å². The Morgan fingerprint density at radius 1 is 1.10 bits per heavy atom. The van der Waals surface area contributed by atoms with Crippen molar-refractivity contribution in [3.05, 3.63) is 78.1 Å². The molecule has 0 bridgehead atoms. The molecule has 2 aromatic carbocycles. The van der Waals surface area contributed by atoms with Gasteiger partial charge in [0, 0.05) is 23.5 Å². The monoisotopic (exact) mass is 414 g/mol. The van der Waals surface area contributed by atoms with Gasteiger partial charge in [0.25, 0.3) is 0 Å². The van der Waals surface area contributed by atoms with E-state index in [0.717, 1.165) is 52.6 Å². The molecule has 0 aliphatic carbocycles. The van der Waals surface area contributed by atoms with E-state index in [2.05, 4.69) is 23.3 Å². The van der Waals surface area contributed by atoms with Crippen molar-refractivity contribution in [1.82, 2.24) is 14.6 Å². The zero-order valence-electron chi connectivity index (χ0n) is 16.8. The molecule has 1 aliphatic heterocycles. The molecule has 0 N–H and O–H groups in total. The molecule has 1 amide bonds. The van der Waals surface area contributed by atoms with Crippen molar-refractivity contribution in [1.29, 1.82) is 0 Å². The molecule has 5 nitrogen and oxygen atoms in total. The number of benzene rings is 2. The number of aromatic nitrogens is 3. The Morgan fingerprint density at radius 3 is 2.77 bits per heavy atom. The van der Waals surface area contributed by atoms with Gasteiger partial charge in [-0.1, -0.05) is 60.3 Å². The predicted octanol–water partition coefficient (Wildman–Crippen LogP) is 4.78. The topological polar surface area (TPSA) is 50.5 Å². The molecule has 0 radical (unpaired) electrons. The molecular formula is C24H22N4OS. The van der Waals surface area contributed by atoms with Crippen LogP contribution in [0, 0.1) is 6.92 Å². The van der Waals surface area contributed by atoms with Crippen LogP contribution in [0.1, 0.15) is 17.7 Å². The summed E-state index contributed by atoms with van der Waals surface area (Å²) >= 11 is 1.52. The van der Waals surface area contributed by atoms with Gasteiger partial charge in [-0.3, -0.25) is 4.79 Å². The van der Waals surface area contributed by atoms with Crippen LogP contribution in [0.2, 0.25) is 0 Å². The quantitative estimate of drug-likeness (QED) is 0.356. The first-order valence-corrected chi connectivity index (χ1v) is 11.1. The molecule has 150 valence electrons. The largest absolute Gasteiger partial charge is 0.311 e. The summed E-state index contributed by atoms with van der Waals surface area (Å²) in [6.07, 6.45) is 3.89. The van der Waals surface area contributed by atoms with Crippen LogP contribution in [0.4, 0.5) is 5.69 Å². The minimum Gasteiger partial charge on any atom is -0.311 e. The van der Waals surface area contributed by atoms with Crippen LogP contribution >= 0.6 is 11.8 Å². The lowest BCUT2D eigenvalue weighted by molar-refractivity contribution is -0.116. The summed E-state index contributed by atoms with van der Waals surface area (Å²) in [5.41, 5.74) is 6.12. The molecule has 2 aromatic heterocycles. The van der Waals surface area contributed by atoms with Gasteiger partial charge in [0.1, 0.15) is 5.03 Å². The Balaban J connectivity index is 1.41. The minimum absolute atomic E-state index is 0.130. The summed E-state index contributed by atoms with van der Waals surface area (Å²) in [4.78, 5) is 19.7. The highest BCUT2D eigenvalue weighted by molar-refractivity contribution is 7.99. The van der Waals surface area contributed by atoms with Gasteiger partial charge in [0.15, 0.2) is 5.65 Å². The summed E-state index contributed by atoms with van der Waals surface area (Å²) in [6.45, 7) is 2.76. The average molecular weight is 415 g/mol. The van der Waals surface area contributed by atoms with Gasteiger partial charge in [-0.2, -0.15) is 5.10 Å². The highest BCUT2D eigenvalue weighted by atomic mass is 32.2. The molecule has 4 aromatic rings. The second kappa shape index (κ2) is 7.95. The van der Waals surface area contributed by atoms with E-state index in [4.69, 9.17) is 4.98 Å². The minimum atomic E-state index is 0.130. The average Bonchev–Trinajstić information content (AvgIpc) is 3.21. The molecule has 1 aliphatic rings. The molecule has 5 rings (SSSR count). The van der Waals surface area contributed by atoms with E-state index in [9.17, 15) is 4.79 Å². The van der Waals surface area contributed by atoms with E-state index in [-0.39, 0.29) is 5.91 Å². The Kier molecular flexibility index (Phi) is 5.01. The number of carbonyl (C=O) groups excluding carboxylic acids is 1. The molecule has 0 fully saturated rings. The molecule has 0 unspecified atom stereocenters. The number of nitrogens with zero attached hydrogens (tertiary/aromatic N) is 4. The van der Waals surface area contributed by atoms with Gasteiger partial charge in [0.05, 0.1) is 11.9 Å². The Morgan fingerprint density at radius 2 is 1.90 bits per heavy atom. The molecule has 0 saturated heterocycles. The fraction of sp³-hybridized carbons (Fsp3) is 0.208. The van der Waals surface area contributed by atoms with Crippen molar-refractivity contribution in [3.63, 3.8) is 0 Å². The summed E-state index contributed by atoms with van der Waals surface area (Å²) in [5, 5.41) is 5.50. The van der Waals surface area contributed by atoms with E-state index in [1.165, 1.54) is 17.3 Å². The first kappa shape index (κ1) is 18.9. The maximum Gasteiger partial charge on any atom is 0.237 e. The SMILES string of the molecule is Cc1cc(SCC(=O)N2CCCc3ccccc32)n2ncc(-c3ccccc3)c2n1. The third-order valence-electron chi connectivity index (χ3n) is 5.41. The Labute approximate surface area is 179 Å². The maximum absolute atomic E-state index is 13.0. The van der Waals surface area contributed by atoms with Crippen LogP contribution < -0.4 is 4.90 Å². The third-order valence-corrected chi connectivity index (χ3v) is 6.38. The van der Waals surface area contributed by atoms with Crippen LogP contribution in [0.5, 0.6) is 0 Å². The molecule has 0 saturated carbocycles. The van der Waals surface area contributed by atoms with Gasteiger partial charge in [0.2, 0.25) is 5.91 Å². The van der Waals surface area contributed by atoms with Crippen LogP contribution in [0.3, 0.4) is 0 Å². The fourth-order valence-electron chi connectivity index (χ4n) is 3.98. The second-order valence-electron chi connectivity index (χ2n) is 7.46. The van der Waals surface area contributed by atoms with Crippen LogP contribution in [0.25, 0.3) is 16.8 Å². The van der Waals surface area contributed by atoms with Gasteiger partial charge >= 0.3 is 0 Å². The number of hydrogen-bond donors (Lipinski definition) is 0. The maximum atomic E-state index is 13.0. The normalized spacial score (nSPS) is 13.4. The first-order valence-electron chi connectivity index (χ1n) is 10.1. The number of hydrogen-bond acceptors (Lipinski definition) is 4. The lowest BCUT2D eigenvalue weighted by Crippen LogP contribution is -2.36. The number of aryl methyl sites for hydroxylation is 2. The van der Waals surface area contributed by atoms with Crippen molar-refractivity contribution in [2.24, 2.45) is 0 Å². The highest BCUT2D eigenvalue weighted by Gasteiger charge is 2.22. The Hall–Kier alpha value is -3.12. The van der Waals surface area contributed by atoms with E-state index < -0.39 is 0 Å². The number of thioether (sulfide) groups is 1. The number of rotatable bonds is 4. The third kappa shape index (κ3) is 3.48. The van der Waals surface area contributed by atoms with Gasteiger partial charge in [-0.15, -0.1) is 0 Å². The molecule has 0 atom stereocenters. The molecule has 0 spiro atoms. The van der Waals surface area contributed by atoms with Crippen molar-refractivity contribution < 1.29 is 4.79 Å². The van der Waals surface area contributed by atoms with Gasteiger partial charge < -0.3 is 4.90 Å². The van der Waals surface area contributed by atoms with Crippen molar-refractivity contribution in [2.75, 3.05) is 17.2 Å². The van der Waals surface area contributed by atoms with Crippen LogP contribution in [-0.4, -0.2) is 32.8 Å². The molecule has 3 heterocycles. The van der Waals surface area contributed by atoms with Crippen molar-refractivity contribution >= 4 is 29.0 Å². The molecule has 30 heavy (non-hydrogen) atoms. The summed E-state index contributed by atoms with van der Waals surface area (Å²) in [5.74, 6) is 0.498. The van der Waals surface area contributed by atoms with E-state index in [0.29, 0.717) is 5.75 Å². The zero-order valence-corrected chi connectivity index (χ0v) is 17.6. The summed E-state index contributed by atoms with van der Waals surface area (Å²) < 4.78 is 1.84. The highest BCUT2D eigenvalue weighted by Crippen LogP contribution is 2.30. The van der Waals surface area contributed by atoms with Crippen molar-refractivity contribution in [2.45, 2.75) is 24.8 Å². The summed E-state index contributed by atoms with van der Waals surface area (Å²) in [7, 11) is 0. The van der Waals surface area contributed by atoms with Crippen molar-refractivity contribution in [3.8, 4) is 11.1 Å². The van der Waals surface area contributed by atoms with E-state index >= 15 is 0 Å². The standard InChI is InChI=1S/C24H22N4OS/c1-17-14-23(28-24(26-17)20(15-25-28)18-8-3-2-4-9-18)30-16-22(29)27-13-7-11-19-10-5-6-12-21(19)27/h2-6,8-10,12,14-15H,7,11,13,16H2,1H3. The Bertz CT molecular complexity index is 1220. The first-order chi connectivity index (χ1) is 14.7. The van der Waals surface area contributed by atoms with Gasteiger partial charge in [-0.05, 0) is 43.0 Å². The number of para-hydroxylation sites is 1. The summed E-state index contributed by atoms with van der Waals surface area (Å²) in [6, 6.07) is 20.4. The number of anilines is 1. The lowest BCUT2D eigenvalue weighted by Gasteiger charge is -2.29. The number of amides is 1. The van der Waals surface area contributed by atoms with E-state index in [1.807, 2.05) is 65.0 Å². The molecule has 6 heteroatoms. The van der Waals surface area contributed by atoms with Crippen LogP contribution in [-0.2, 0) is 11.2 Å². The second-order valence-corrected chi connectivity index (χ2v) is 8.46. The number of carbonyl (C=O) groups is 1. The predicted molar refractivity (Wildman–Crippen MR) is 121 cm³/mol. The molecular weight excluding hydrogens is 392 g/mol.